The molecule has 0 spiro atoms. The predicted molar refractivity (Wildman–Crippen MR) is 43.6 cm³/mol. The van der Waals surface area contributed by atoms with Crippen LogP contribution in [0.5, 0.6) is 0 Å². The highest BCUT2D eigenvalue weighted by Crippen LogP contribution is 2.00. The molecule has 11 heavy (non-hydrogen) atoms. The van der Waals surface area contributed by atoms with E-state index in [2.05, 4.69) is 0 Å². The van der Waals surface area contributed by atoms with Crippen LogP contribution in [0.3, 0.4) is 0 Å². The molecule has 1 heterocycles. The van der Waals surface area contributed by atoms with Crippen molar-refractivity contribution in [1.82, 2.24) is 4.57 Å². The fourth-order valence-electron chi connectivity index (χ4n) is 0.802. The molecule has 0 radical (unpaired) electrons. The number of carbonyl (C=O) groups excluding carboxylic acids is 1. The van der Waals surface area contributed by atoms with Crippen molar-refractivity contribution in [2.45, 2.75) is 0 Å². The van der Waals surface area contributed by atoms with Crippen LogP contribution in [0.15, 0.2) is 24.5 Å². The summed E-state index contributed by atoms with van der Waals surface area (Å²) >= 11 is 0. The quantitative estimate of drug-likeness (QED) is 0.614. The third kappa shape index (κ3) is 2.29. The molecule has 1 amide bonds. The molecule has 0 saturated carbocycles. The van der Waals surface area contributed by atoms with Crippen LogP contribution >= 0.6 is 0 Å². The van der Waals surface area contributed by atoms with E-state index in [0.717, 1.165) is 5.56 Å². The monoisotopic (exact) mass is 150 g/mol. The van der Waals surface area contributed by atoms with Crippen molar-refractivity contribution < 1.29 is 4.79 Å². The zero-order valence-corrected chi connectivity index (χ0v) is 6.32. The molecule has 1 aromatic heterocycles. The maximum Gasteiger partial charge on any atom is 0.241 e. The fraction of sp³-hybridized carbons (Fsp3) is 0.125. The molecule has 3 nitrogen and oxygen atoms in total. The van der Waals surface area contributed by atoms with Gasteiger partial charge in [0.25, 0.3) is 0 Å². The Morgan fingerprint density at radius 2 is 2.45 bits per heavy atom. The molecule has 0 aliphatic heterocycles. The van der Waals surface area contributed by atoms with E-state index in [4.69, 9.17) is 5.73 Å². The van der Waals surface area contributed by atoms with E-state index in [1.165, 1.54) is 6.08 Å². The van der Waals surface area contributed by atoms with E-state index in [9.17, 15) is 4.79 Å². The molecule has 3 heteroatoms. The first-order chi connectivity index (χ1) is 5.18. The van der Waals surface area contributed by atoms with Crippen molar-refractivity contribution in [2.24, 2.45) is 12.8 Å². The van der Waals surface area contributed by atoms with E-state index < -0.39 is 5.91 Å². The summed E-state index contributed by atoms with van der Waals surface area (Å²) in [5.41, 5.74) is 5.89. The number of hydrogen-bond donors (Lipinski definition) is 1. The number of aromatic nitrogens is 1. The van der Waals surface area contributed by atoms with E-state index in [1.807, 2.05) is 30.1 Å². The summed E-state index contributed by atoms with van der Waals surface area (Å²) in [6.07, 6.45) is 6.83. The van der Waals surface area contributed by atoms with Crippen molar-refractivity contribution in [3.8, 4) is 0 Å². The summed E-state index contributed by atoms with van der Waals surface area (Å²) in [7, 11) is 1.92. The lowest BCUT2D eigenvalue weighted by Crippen LogP contribution is -2.04. The SMILES string of the molecule is Cn1ccc(/C=C/C(N)=O)c1. The highest BCUT2D eigenvalue weighted by Gasteiger charge is 1.88. The van der Waals surface area contributed by atoms with E-state index in [-0.39, 0.29) is 0 Å². The summed E-state index contributed by atoms with van der Waals surface area (Å²) in [5.74, 6) is -0.422. The predicted octanol–water partition coefficient (Wildman–Crippen LogP) is 0.524. The molecule has 0 atom stereocenters. The van der Waals surface area contributed by atoms with Crippen molar-refractivity contribution in [3.63, 3.8) is 0 Å². The summed E-state index contributed by atoms with van der Waals surface area (Å²) in [6, 6.07) is 1.90. The molecule has 1 aromatic rings. The molecular weight excluding hydrogens is 140 g/mol. The molecule has 0 fully saturated rings. The minimum Gasteiger partial charge on any atom is -0.366 e. The maximum absolute atomic E-state index is 10.3. The van der Waals surface area contributed by atoms with Gasteiger partial charge in [0.2, 0.25) is 5.91 Å². The van der Waals surface area contributed by atoms with Crippen molar-refractivity contribution in [3.05, 3.63) is 30.1 Å². The zero-order valence-electron chi connectivity index (χ0n) is 6.32. The second-order valence-corrected chi connectivity index (χ2v) is 2.35. The van der Waals surface area contributed by atoms with Crippen LogP contribution in [0.25, 0.3) is 6.08 Å². The average molecular weight is 150 g/mol. The largest absolute Gasteiger partial charge is 0.366 e. The number of rotatable bonds is 2. The normalized spacial score (nSPS) is 10.6. The van der Waals surface area contributed by atoms with Gasteiger partial charge in [0.1, 0.15) is 0 Å². The smallest absolute Gasteiger partial charge is 0.241 e. The summed E-state index contributed by atoms with van der Waals surface area (Å²) in [6.45, 7) is 0. The lowest BCUT2D eigenvalue weighted by Gasteiger charge is -1.83. The maximum atomic E-state index is 10.3. The van der Waals surface area contributed by atoms with Gasteiger partial charge in [-0.15, -0.1) is 0 Å². The van der Waals surface area contributed by atoms with Gasteiger partial charge >= 0.3 is 0 Å². The Hall–Kier alpha value is -1.51. The van der Waals surface area contributed by atoms with Gasteiger partial charge in [0.05, 0.1) is 0 Å². The lowest BCUT2D eigenvalue weighted by molar-refractivity contribution is -0.113. The van der Waals surface area contributed by atoms with Gasteiger partial charge in [-0.05, 0) is 17.7 Å². The highest BCUT2D eigenvalue weighted by atomic mass is 16.1. The standard InChI is InChI=1S/C8H10N2O/c1-10-5-4-7(6-10)2-3-8(9)11/h2-6H,1H3,(H2,9,11)/b3-2+. The van der Waals surface area contributed by atoms with Crippen LogP contribution in [0, 0.1) is 0 Å². The van der Waals surface area contributed by atoms with Crippen molar-refractivity contribution in [2.75, 3.05) is 0 Å². The van der Waals surface area contributed by atoms with Gasteiger partial charge in [-0.1, -0.05) is 0 Å². The summed E-state index contributed by atoms with van der Waals surface area (Å²) < 4.78 is 1.90. The molecule has 0 saturated heterocycles. The van der Waals surface area contributed by atoms with Gasteiger partial charge in [0, 0.05) is 25.5 Å². The average Bonchev–Trinajstić information content (AvgIpc) is 2.31. The number of aryl methyl sites for hydroxylation is 1. The molecule has 2 N–H and O–H groups in total. The van der Waals surface area contributed by atoms with Gasteiger partial charge in [-0.25, -0.2) is 0 Å². The van der Waals surface area contributed by atoms with Gasteiger partial charge in [0.15, 0.2) is 0 Å². The zero-order chi connectivity index (χ0) is 8.27. The molecular formula is C8H10N2O. The Balaban J connectivity index is 2.71. The summed E-state index contributed by atoms with van der Waals surface area (Å²) in [4.78, 5) is 10.3. The first kappa shape index (κ1) is 7.60. The molecule has 0 bridgehead atoms. The van der Waals surface area contributed by atoms with Crippen LogP contribution in [-0.2, 0) is 11.8 Å². The van der Waals surface area contributed by atoms with Crippen molar-refractivity contribution in [1.29, 1.82) is 0 Å². The minimum absolute atomic E-state index is 0.422. The third-order valence-electron chi connectivity index (χ3n) is 1.29. The molecule has 0 unspecified atom stereocenters. The number of nitrogens with zero attached hydrogens (tertiary/aromatic N) is 1. The molecule has 1 rings (SSSR count). The van der Waals surface area contributed by atoms with Crippen LogP contribution < -0.4 is 5.73 Å². The van der Waals surface area contributed by atoms with Gasteiger partial charge in [-0.3, -0.25) is 4.79 Å². The Morgan fingerprint density at radius 3 is 2.91 bits per heavy atom. The van der Waals surface area contributed by atoms with E-state index >= 15 is 0 Å². The number of primary amides is 1. The highest BCUT2D eigenvalue weighted by molar-refractivity contribution is 5.90. The first-order valence-corrected chi connectivity index (χ1v) is 3.28. The Kier molecular flexibility index (Phi) is 2.11. The molecule has 0 aromatic carbocycles. The third-order valence-corrected chi connectivity index (χ3v) is 1.29. The van der Waals surface area contributed by atoms with Crippen LogP contribution in [0.2, 0.25) is 0 Å². The number of amides is 1. The topological polar surface area (TPSA) is 48.0 Å². The summed E-state index contributed by atoms with van der Waals surface area (Å²) in [5, 5.41) is 0. The number of hydrogen-bond acceptors (Lipinski definition) is 1. The number of nitrogens with two attached hydrogens (primary N) is 1. The molecule has 0 aliphatic rings. The lowest BCUT2D eigenvalue weighted by atomic mass is 10.3. The van der Waals surface area contributed by atoms with Gasteiger partial charge < -0.3 is 10.3 Å². The Bertz CT molecular complexity index is 286. The Labute approximate surface area is 65.1 Å². The second-order valence-electron chi connectivity index (χ2n) is 2.35. The van der Waals surface area contributed by atoms with Gasteiger partial charge in [-0.2, -0.15) is 0 Å². The fourth-order valence-corrected chi connectivity index (χ4v) is 0.802. The molecule has 58 valence electrons. The Morgan fingerprint density at radius 1 is 1.73 bits per heavy atom. The number of carbonyl (C=O) groups is 1. The second kappa shape index (κ2) is 3.05. The van der Waals surface area contributed by atoms with Crippen LogP contribution in [-0.4, -0.2) is 10.5 Å². The van der Waals surface area contributed by atoms with Crippen LogP contribution in [0.1, 0.15) is 5.56 Å². The minimum atomic E-state index is -0.422. The van der Waals surface area contributed by atoms with Crippen molar-refractivity contribution >= 4 is 12.0 Å². The molecule has 0 aliphatic carbocycles. The van der Waals surface area contributed by atoms with E-state index in [0.29, 0.717) is 0 Å². The van der Waals surface area contributed by atoms with E-state index in [1.54, 1.807) is 6.08 Å². The first-order valence-electron chi connectivity index (χ1n) is 3.28. The van der Waals surface area contributed by atoms with Crippen LogP contribution in [0.4, 0.5) is 0 Å².